The van der Waals surface area contributed by atoms with E-state index in [1.54, 1.807) is 7.11 Å². The van der Waals surface area contributed by atoms with E-state index < -0.39 is 0 Å². The lowest BCUT2D eigenvalue weighted by Gasteiger charge is -2.48. The van der Waals surface area contributed by atoms with Crippen molar-refractivity contribution in [2.24, 2.45) is 5.92 Å². The van der Waals surface area contributed by atoms with Crippen LogP contribution in [0.2, 0.25) is 0 Å². The number of methoxy groups -OCH3 is 1. The number of rotatable bonds is 4. The van der Waals surface area contributed by atoms with Gasteiger partial charge in [0, 0.05) is 23.8 Å². The second-order valence-electron chi connectivity index (χ2n) is 7.19. The number of carbonyl (C=O) groups is 1. The smallest absolute Gasteiger partial charge is 0.153 e. The van der Waals surface area contributed by atoms with Crippen molar-refractivity contribution in [3.05, 3.63) is 23.3 Å². The van der Waals surface area contributed by atoms with E-state index in [0.717, 1.165) is 19.3 Å². The van der Waals surface area contributed by atoms with Crippen LogP contribution in [-0.2, 0) is 0 Å². The molecule has 0 N–H and O–H groups in total. The topological polar surface area (TPSA) is 29.5 Å². The standard InChI is InChI=1S/C18H27NO2/c1-12(2)10-19-16-8-17(21-6)14(11-20)7-15(16)13(3)9-18(19,4)5/h7-8,11-13H,9-10H2,1-6H3/t13-/m1/s1. The van der Waals surface area contributed by atoms with Crippen molar-refractivity contribution in [3.8, 4) is 5.75 Å². The number of fused-ring (bicyclic) bond motifs is 1. The van der Waals surface area contributed by atoms with E-state index >= 15 is 0 Å². The monoisotopic (exact) mass is 289 g/mol. The van der Waals surface area contributed by atoms with Crippen LogP contribution in [0, 0.1) is 5.92 Å². The molecule has 1 atom stereocenters. The lowest BCUT2D eigenvalue weighted by atomic mass is 9.79. The van der Waals surface area contributed by atoms with Crippen LogP contribution in [0.15, 0.2) is 12.1 Å². The van der Waals surface area contributed by atoms with Gasteiger partial charge in [-0.05, 0) is 43.7 Å². The third-order valence-corrected chi connectivity index (χ3v) is 4.41. The van der Waals surface area contributed by atoms with Gasteiger partial charge in [0.2, 0.25) is 0 Å². The summed E-state index contributed by atoms with van der Waals surface area (Å²) in [5.74, 6) is 1.70. The third kappa shape index (κ3) is 2.92. The van der Waals surface area contributed by atoms with Gasteiger partial charge in [-0.25, -0.2) is 0 Å². The Labute approximate surface area is 128 Å². The zero-order valence-corrected chi connectivity index (χ0v) is 14.1. The Kier molecular flexibility index (Phi) is 4.31. The summed E-state index contributed by atoms with van der Waals surface area (Å²) < 4.78 is 5.40. The molecule has 2 rings (SSSR count). The maximum atomic E-state index is 11.3. The molecule has 0 amide bonds. The molecular weight excluding hydrogens is 262 g/mol. The van der Waals surface area contributed by atoms with Gasteiger partial charge in [-0.15, -0.1) is 0 Å². The maximum Gasteiger partial charge on any atom is 0.153 e. The molecule has 0 spiro atoms. The zero-order chi connectivity index (χ0) is 15.8. The molecule has 1 heterocycles. The van der Waals surface area contributed by atoms with Crippen molar-refractivity contribution in [1.29, 1.82) is 0 Å². The van der Waals surface area contributed by atoms with Crippen LogP contribution in [0.1, 0.15) is 62.9 Å². The summed E-state index contributed by atoms with van der Waals surface area (Å²) in [4.78, 5) is 13.7. The number of benzene rings is 1. The number of carbonyl (C=O) groups excluding carboxylic acids is 1. The summed E-state index contributed by atoms with van der Waals surface area (Å²) in [7, 11) is 1.62. The van der Waals surface area contributed by atoms with Gasteiger partial charge in [0.1, 0.15) is 5.75 Å². The van der Waals surface area contributed by atoms with Gasteiger partial charge in [0.25, 0.3) is 0 Å². The van der Waals surface area contributed by atoms with E-state index in [-0.39, 0.29) is 5.54 Å². The predicted molar refractivity (Wildman–Crippen MR) is 87.7 cm³/mol. The highest BCUT2D eigenvalue weighted by Gasteiger charge is 2.37. The summed E-state index contributed by atoms with van der Waals surface area (Å²) in [5.41, 5.74) is 3.24. The second-order valence-corrected chi connectivity index (χ2v) is 7.19. The number of aldehydes is 1. The number of hydrogen-bond acceptors (Lipinski definition) is 3. The lowest BCUT2D eigenvalue weighted by molar-refractivity contribution is 0.112. The van der Waals surface area contributed by atoms with E-state index in [1.807, 2.05) is 12.1 Å². The Bertz CT molecular complexity index is 534. The fraction of sp³-hybridized carbons (Fsp3) is 0.611. The van der Waals surface area contributed by atoms with Crippen molar-refractivity contribution >= 4 is 12.0 Å². The molecule has 21 heavy (non-hydrogen) atoms. The summed E-state index contributed by atoms with van der Waals surface area (Å²) in [5, 5.41) is 0. The van der Waals surface area contributed by atoms with E-state index in [1.165, 1.54) is 11.3 Å². The van der Waals surface area contributed by atoms with Crippen molar-refractivity contribution in [3.63, 3.8) is 0 Å². The van der Waals surface area contributed by atoms with Crippen molar-refractivity contribution in [1.82, 2.24) is 0 Å². The first-order valence-corrected chi connectivity index (χ1v) is 7.75. The molecule has 0 radical (unpaired) electrons. The van der Waals surface area contributed by atoms with Gasteiger partial charge in [-0.3, -0.25) is 4.79 Å². The van der Waals surface area contributed by atoms with Gasteiger partial charge in [0.15, 0.2) is 6.29 Å². The van der Waals surface area contributed by atoms with Gasteiger partial charge >= 0.3 is 0 Å². The van der Waals surface area contributed by atoms with Crippen molar-refractivity contribution in [2.75, 3.05) is 18.6 Å². The highest BCUT2D eigenvalue weighted by atomic mass is 16.5. The normalized spacial score (nSPS) is 20.3. The molecule has 3 heteroatoms. The fourth-order valence-corrected chi connectivity index (χ4v) is 3.51. The van der Waals surface area contributed by atoms with E-state index in [4.69, 9.17) is 4.74 Å². The molecule has 0 aromatic heterocycles. The molecule has 0 fully saturated rings. The highest BCUT2D eigenvalue weighted by Crippen LogP contribution is 2.45. The first kappa shape index (κ1) is 15.9. The van der Waals surface area contributed by atoms with Crippen molar-refractivity contribution in [2.45, 2.75) is 52.5 Å². The Morgan fingerprint density at radius 2 is 2.10 bits per heavy atom. The molecule has 0 unspecified atom stereocenters. The Morgan fingerprint density at radius 1 is 1.43 bits per heavy atom. The molecule has 3 nitrogen and oxygen atoms in total. The number of nitrogens with zero attached hydrogens (tertiary/aromatic N) is 1. The molecule has 1 aliphatic heterocycles. The molecule has 116 valence electrons. The summed E-state index contributed by atoms with van der Waals surface area (Å²) >= 11 is 0. The first-order chi connectivity index (χ1) is 9.80. The number of ether oxygens (including phenoxy) is 1. The van der Waals surface area contributed by atoms with Crippen LogP contribution in [0.25, 0.3) is 0 Å². The molecule has 0 saturated carbocycles. The SMILES string of the molecule is COc1cc2c(cc1C=O)[C@H](C)CC(C)(C)N2CC(C)C. The quantitative estimate of drug-likeness (QED) is 0.776. The van der Waals surface area contributed by atoms with E-state index in [0.29, 0.717) is 23.1 Å². The van der Waals surface area contributed by atoms with Gasteiger partial charge in [0.05, 0.1) is 12.7 Å². The predicted octanol–water partition coefficient (Wildman–Crippen LogP) is 4.26. The maximum absolute atomic E-state index is 11.3. The summed E-state index contributed by atoms with van der Waals surface area (Å²) in [6.45, 7) is 12.3. The minimum absolute atomic E-state index is 0.115. The number of anilines is 1. The van der Waals surface area contributed by atoms with Crippen LogP contribution < -0.4 is 9.64 Å². The average Bonchev–Trinajstić information content (AvgIpc) is 2.41. The first-order valence-electron chi connectivity index (χ1n) is 7.75. The Hall–Kier alpha value is -1.51. The highest BCUT2D eigenvalue weighted by molar-refractivity contribution is 5.82. The van der Waals surface area contributed by atoms with Gasteiger partial charge in [-0.1, -0.05) is 20.8 Å². The molecule has 0 bridgehead atoms. The molecule has 1 aromatic carbocycles. The largest absolute Gasteiger partial charge is 0.496 e. The van der Waals surface area contributed by atoms with E-state index in [9.17, 15) is 4.79 Å². The zero-order valence-electron chi connectivity index (χ0n) is 14.1. The van der Waals surface area contributed by atoms with Crippen LogP contribution in [0.3, 0.4) is 0 Å². The average molecular weight is 289 g/mol. The fourth-order valence-electron chi connectivity index (χ4n) is 3.51. The van der Waals surface area contributed by atoms with Crippen LogP contribution in [-0.4, -0.2) is 25.5 Å². The van der Waals surface area contributed by atoms with E-state index in [2.05, 4.69) is 39.5 Å². The number of hydrogen-bond donors (Lipinski definition) is 0. The molecular formula is C18H27NO2. The van der Waals surface area contributed by atoms with Crippen LogP contribution in [0.4, 0.5) is 5.69 Å². The van der Waals surface area contributed by atoms with Crippen LogP contribution >= 0.6 is 0 Å². The third-order valence-electron chi connectivity index (χ3n) is 4.41. The minimum Gasteiger partial charge on any atom is -0.496 e. The second kappa shape index (κ2) is 5.70. The Morgan fingerprint density at radius 3 is 2.62 bits per heavy atom. The van der Waals surface area contributed by atoms with Gasteiger partial charge < -0.3 is 9.64 Å². The molecule has 1 aliphatic rings. The Balaban J connectivity index is 2.60. The molecule has 0 aliphatic carbocycles. The van der Waals surface area contributed by atoms with Crippen LogP contribution in [0.5, 0.6) is 5.75 Å². The van der Waals surface area contributed by atoms with Gasteiger partial charge in [-0.2, -0.15) is 0 Å². The van der Waals surface area contributed by atoms with Crippen molar-refractivity contribution < 1.29 is 9.53 Å². The lowest BCUT2D eigenvalue weighted by Crippen LogP contribution is -2.49. The molecule has 1 aromatic rings. The molecule has 0 saturated heterocycles. The minimum atomic E-state index is 0.115. The summed E-state index contributed by atoms with van der Waals surface area (Å²) in [6.07, 6.45) is 1.98. The summed E-state index contributed by atoms with van der Waals surface area (Å²) in [6, 6.07) is 4.05.